The number of anilines is 1. The smallest absolute Gasteiger partial charge is 0.262 e. The molecule has 1 amide bonds. The summed E-state index contributed by atoms with van der Waals surface area (Å²) in [5.41, 5.74) is 2.84. The number of hydrogen-bond donors (Lipinski definition) is 1. The van der Waals surface area contributed by atoms with Crippen molar-refractivity contribution in [3.05, 3.63) is 47.5 Å². The number of nitrogens with one attached hydrogen (secondary N) is 1. The van der Waals surface area contributed by atoms with E-state index in [4.69, 9.17) is 14.2 Å². The van der Waals surface area contributed by atoms with Gasteiger partial charge in [-0.3, -0.25) is 4.79 Å². The van der Waals surface area contributed by atoms with E-state index in [1.807, 2.05) is 32.0 Å². The summed E-state index contributed by atoms with van der Waals surface area (Å²) in [5.74, 6) is 1.26. The van der Waals surface area contributed by atoms with Gasteiger partial charge in [0.1, 0.15) is 0 Å². The van der Waals surface area contributed by atoms with E-state index in [1.165, 1.54) is 7.11 Å². The van der Waals surface area contributed by atoms with Gasteiger partial charge in [-0.15, -0.1) is 0 Å². The highest BCUT2D eigenvalue weighted by atomic mass is 16.5. The van der Waals surface area contributed by atoms with Crippen molar-refractivity contribution in [2.45, 2.75) is 13.8 Å². The van der Waals surface area contributed by atoms with E-state index in [9.17, 15) is 4.79 Å². The third-order valence-electron chi connectivity index (χ3n) is 3.47. The highest BCUT2D eigenvalue weighted by Crippen LogP contribution is 2.36. The van der Waals surface area contributed by atoms with E-state index in [0.29, 0.717) is 17.2 Å². The van der Waals surface area contributed by atoms with Gasteiger partial charge in [0, 0.05) is 5.69 Å². The van der Waals surface area contributed by atoms with E-state index in [2.05, 4.69) is 5.32 Å². The molecule has 0 aliphatic carbocycles. The van der Waals surface area contributed by atoms with Gasteiger partial charge >= 0.3 is 0 Å². The van der Waals surface area contributed by atoms with Gasteiger partial charge in [0.15, 0.2) is 18.1 Å². The van der Waals surface area contributed by atoms with Crippen molar-refractivity contribution < 1.29 is 19.0 Å². The van der Waals surface area contributed by atoms with Crippen molar-refractivity contribution >= 4 is 11.6 Å². The number of hydrogen-bond acceptors (Lipinski definition) is 4. The van der Waals surface area contributed by atoms with E-state index in [1.54, 1.807) is 25.3 Å². The molecule has 2 aromatic rings. The van der Waals surface area contributed by atoms with Crippen LogP contribution in [0.1, 0.15) is 11.1 Å². The molecule has 0 fully saturated rings. The van der Waals surface area contributed by atoms with Crippen LogP contribution in [0.5, 0.6) is 17.2 Å². The number of methoxy groups -OCH3 is 2. The summed E-state index contributed by atoms with van der Waals surface area (Å²) in [6.45, 7) is 3.79. The van der Waals surface area contributed by atoms with E-state index < -0.39 is 0 Å². The minimum absolute atomic E-state index is 0.114. The van der Waals surface area contributed by atoms with Gasteiger partial charge in [-0.2, -0.15) is 0 Å². The monoisotopic (exact) mass is 315 g/mol. The average molecular weight is 315 g/mol. The molecular weight excluding hydrogens is 294 g/mol. The lowest BCUT2D eigenvalue weighted by Crippen LogP contribution is -2.21. The Morgan fingerprint density at radius 3 is 2.17 bits per heavy atom. The molecule has 0 unspecified atom stereocenters. The largest absolute Gasteiger partial charge is 0.493 e. The number of rotatable bonds is 6. The minimum Gasteiger partial charge on any atom is -0.493 e. The molecule has 0 aliphatic rings. The molecule has 1 N–H and O–H groups in total. The standard InChI is InChI=1S/C18H21NO4/c1-12-7-5-8-13(2)17(12)19-16(20)11-23-15-10-6-9-14(21-3)18(15)22-4/h5-10H,11H2,1-4H3,(H,19,20). The summed E-state index contributed by atoms with van der Waals surface area (Å²) in [5, 5.41) is 2.88. The molecule has 0 saturated carbocycles. The quantitative estimate of drug-likeness (QED) is 0.888. The Labute approximate surface area is 136 Å². The second kappa shape index (κ2) is 7.54. The van der Waals surface area contributed by atoms with Crippen LogP contribution in [0.4, 0.5) is 5.69 Å². The second-order valence-electron chi connectivity index (χ2n) is 5.10. The van der Waals surface area contributed by atoms with E-state index >= 15 is 0 Å². The van der Waals surface area contributed by atoms with Crippen LogP contribution in [0.15, 0.2) is 36.4 Å². The van der Waals surface area contributed by atoms with Gasteiger partial charge in [0.2, 0.25) is 5.75 Å². The van der Waals surface area contributed by atoms with Crippen molar-refractivity contribution in [3.8, 4) is 17.2 Å². The second-order valence-corrected chi connectivity index (χ2v) is 5.10. The van der Waals surface area contributed by atoms with Gasteiger partial charge in [-0.25, -0.2) is 0 Å². The fourth-order valence-corrected chi connectivity index (χ4v) is 2.30. The minimum atomic E-state index is -0.229. The summed E-state index contributed by atoms with van der Waals surface area (Å²) in [7, 11) is 3.08. The number of carbonyl (C=O) groups is 1. The Hall–Kier alpha value is -2.69. The zero-order valence-electron chi connectivity index (χ0n) is 13.8. The van der Waals surface area contributed by atoms with E-state index in [-0.39, 0.29) is 12.5 Å². The fraction of sp³-hybridized carbons (Fsp3) is 0.278. The first kappa shape index (κ1) is 16.7. The van der Waals surface area contributed by atoms with Gasteiger partial charge in [-0.1, -0.05) is 24.3 Å². The molecule has 0 aromatic heterocycles. The average Bonchev–Trinajstić information content (AvgIpc) is 2.55. The van der Waals surface area contributed by atoms with Gasteiger partial charge in [-0.05, 0) is 37.1 Å². The molecule has 122 valence electrons. The summed E-state index contributed by atoms with van der Waals surface area (Å²) in [6, 6.07) is 11.1. The van der Waals surface area contributed by atoms with Gasteiger partial charge in [0.25, 0.3) is 5.91 Å². The first-order chi connectivity index (χ1) is 11.1. The number of para-hydroxylation sites is 2. The summed E-state index contributed by atoms with van der Waals surface area (Å²) < 4.78 is 16.0. The fourth-order valence-electron chi connectivity index (χ4n) is 2.30. The molecule has 0 heterocycles. The number of amides is 1. The molecule has 2 aromatic carbocycles. The maximum Gasteiger partial charge on any atom is 0.262 e. The lowest BCUT2D eigenvalue weighted by molar-refractivity contribution is -0.118. The maximum absolute atomic E-state index is 12.1. The Morgan fingerprint density at radius 1 is 0.957 bits per heavy atom. The zero-order valence-corrected chi connectivity index (χ0v) is 13.8. The molecule has 0 bridgehead atoms. The predicted molar refractivity (Wildman–Crippen MR) is 89.6 cm³/mol. The van der Waals surface area contributed by atoms with Crippen molar-refractivity contribution in [1.29, 1.82) is 0 Å². The third kappa shape index (κ3) is 3.94. The SMILES string of the molecule is COc1cccc(OCC(=O)Nc2c(C)cccc2C)c1OC. The number of aryl methyl sites for hydroxylation is 2. The first-order valence-corrected chi connectivity index (χ1v) is 7.26. The highest BCUT2D eigenvalue weighted by molar-refractivity contribution is 5.93. The first-order valence-electron chi connectivity index (χ1n) is 7.26. The zero-order chi connectivity index (χ0) is 16.8. The Morgan fingerprint density at radius 2 is 1.57 bits per heavy atom. The number of benzene rings is 2. The molecule has 5 heteroatoms. The van der Waals surface area contributed by atoms with Crippen molar-refractivity contribution in [2.75, 3.05) is 26.1 Å². The summed E-state index contributed by atoms with van der Waals surface area (Å²) in [6.07, 6.45) is 0. The summed E-state index contributed by atoms with van der Waals surface area (Å²) >= 11 is 0. The molecular formula is C18H21NO4. The van der Waals surface area contributed by atoms with Crippen molar-refractivity contribution in [1.82, 2.24) is 0 Å². The molecule has 23 heavy (non-hydrogen) atoms. The van der Waals surface area contributed by atoms with Crippen LogP contribution in [0.2, 0.25) is 0 Å². The normalized spacial score (nSPS) is 10.1. The van der Waals surface area contributed by atoms with Crippen LogP contribution in [0, 0.1) is 13.8 Å². The Balaban J connectivity index is 2.05. The Kier molecular flexibility index (Phi) is 5.46. The van der Waals surface area contributed by atoms with Crippen LogP contribution >= 0.6 is 0 Å². The van der Waals surface area contributed by atoms with E-state index in [0.717, 1.165) is 16.8 Å². The topological polar surface area (TPSA) is 56.8 Å². The highest BCUT2D eigenvalue weighted by Gasteiger charge is 2.13. The number of ether oxygens (including phenoxy) is 3. The van der Waals surface area contributed by atoms with Crippen molar-refractivity contribution in [3.63, 3.8) is 0 Å². The molecule has 0 atom stereocenters. The lowest BCUT2D eigenvalue weighted by Gasteiger charge is -2.14. The van der Waals surface area contributed by atoms with Crippen LogP contribution in [-0.2, 0) is 4.79 Å². The molecule has 0 saturated heterocycles. The lowest BCUT2D eigenvalue weighted by atomic mass is 10.1. The molecule has 0 spiro atoms. The Bertz CT molecular complexity index is 677. The van der Waals surface area contributed by atoms with Crippen LogP contribution in [0.3, 0.4) is 0 Å². The predicted octanol–water partition coefficient (Wildman–Crippen LogP) is 3.34. The van der Waals surface area contributed by atoms with Gasteiger partial charge in [0.05, 0.1) is 14.2 Å². The summed E-state index contributed by atoms with van der Waals surface area (Å²) in [4.78, 5) is 12.1. The van der Waals surface area contributed by atoms with Crippen molar-refractivity contribution in [2.24, 2.45) is 0 Å². The molecule has 0 radical (unpaired) electrons. The number of carbonyl (C=O) groups excluding carboxylic acids is 1. The van der Waals surface area contributed by atoms with Crippen LogP contribution < -0.4 is 19.5 Å². The third-order valence-corrected chi connectivity index (χ3v) is 3.47. The van der Waals surface area contributed by atoms with Crippen LogP contribution in [0.25, 0.3) is 0 Å². The molecule has 2 rings (SSSR count). The van der Waals surface area contributed by atoms with Crippen LogP contribution in [-0.4, -0.2) is 26.7 Å². The maximum atomic E-state index is 12.1. The molecule has 5 nitrogen and oxygen atoms in total. The molecule has 0 aliphatic heterocycles. The van der Waals surface area contributed by atoms with Gasteiger partial charge < -0.3 is 19.5 Å².